The van der Waals surface area contributed by atoms with Crippen LogP contribution >= 0.6 is 12.4 Å². The van der Waals surface area contributed by atoms with Crippen molar-refractivity contribution in [2.45, 2.75) is 0 Å². The van der Waals surface area contributed by atoms with Crippen LogP contribution in [0.4, 0.5) is 10.6 Å². The molecular weight excluding hydrogens is 406 g/mol. The number of anilines is 1. The Morgan fingerprint density at radius 2 is 1.73 bits per heavy atom. The zero-order valence-electron chi connectivity index (χ0n) is 17.2. The van der Waals surface area contributed by atoms with Gasteiger partial charge in [0.25, 0.3) is 0 Å². The molecule has 0 atom stereocenters. The summed E-state index contributed by atoms with van der Waals surface area (Å²) in [6, 6.07) is 16.8. The molecule has 0 aliphatic rings. The van der Waals surface area contributed by atoms with Gasteiger partial charge in [0.1, 0.15) is 18.1 Å². The summed E-state index contributed by atoms with van der Waals surface area (Å²) in [6.07, 6.45) is 0. The van der Waals surface area contributed by atoms with Gasteiger partial charge in [-0.25, -0.2) is 9.48 Å². The Kier molecular flexibility index (Phi) is 8.08. The second-order valence-corrected chi connectivity index (χ2v) is 6.51. The maximum absolute atomic E-state index is 12.1. The molecule has 0 saturated heterocycles. The van der Waals surface area contributed by atoms with Crippen LogP contribution in [0.5, 0.6) is 11.5 Å². The second kappa shape index (κ2) is 10.5. The smallest absolute Gasteiger partial charge is 0.322 e. The molecule has 2 amide bonds. The first-order chi connectivity index (χ1) is 14.0. The van der Waals surface area contributed by atoms with Crippen molar-refractivity contribution in [2.24, 2.45) is 5.73 Å². The van der Waals surface area contributed by atoms with Crippen molar-refractivity contribution in [1.82, 2.24) is 14.7 Å². The summed E-state index contributed by atoms with van der Waals surface area (Å²) in [5, 5.41) is 7.37. The molecule has 1 heterocycles. The van der Waals surface area contributed by atoms with E-state index in [-0.39, 0.29) is 18.4 Å². The van der Waals surface area contributed by atoms with E-state index < -0.39 is 0 Å². The highest BCUT2D eigenvalue weighted by molar-refractivity contribution is 5.88. The molecule has 0 aliphatic heterocycles. The van der Waals surface area contributed by atoms with E-state index in [2.05, 4.69) is 10.4 Å². The van der Waals surface area contributed by atoms with Gasteiger partial charge in [0.05, 0.1) is 18.5 Å². The van der Waals surface area contributed by atoms with E-state index >= 15 is 0 Å². The van der Waals surface area contributed by atoms with Crippen molar-refractivity contribution >= 4 is 24.3 Å². The van der Waals surface area contributed by atoms with Crippen LogP contribution in [0.3, 0.4) is 0 Å². The third kappa shape index (κ3) is 5.43. The molecule has 2 aromatic carbocycles. The van der Waals surface area contributed by atoms with Crippen molar-refractivity contribution in [2.75, 3.05) is 39.7 Å². The lowest BCUT2D eigenvalue weighted by atomic mass is 10.1. The van der Waals surface area contributed by atoms with Crippen LogP contribution in [-0.2, 0) is 0 Å². The number of rotatable bonds is 7. The van der Waals surface area contributed by atoms with E-state index in [1.807, 2.05) is 54.6 Å². The van der Waals surface area contributed by atoms with Gasteiger partial charge in [-0.1, -0.05) is 0 Å². The number of ether oxygens (including phenoxy) is 2. The SMILES string of the molecule is COc1ccc(-n2nc(NC(=O)N(C)C)cc2-c2ccc(OCCN)cc2)cc1.Cl. The van der Waals surface area contributed by atoms with Gasteiger partial charge in [-0.2, -0.15) is 0 Å². The van der Waals surface area contributed by atoms with Crippen LogP contribution in [0, 0.1) is 0 Å². The summed E-state index contributed by atoms with van der Waals surface area (Å²) in [6.45, 7) is 0.921. The first-order valence-electron chi connectivity index (χ1n) is 9.18. The number of halogens is 1. The van der Waals surface area contributed by atoms with E-state index in [9.17, 15) is 4.79 Å². The molecule has 0 spiro atoms. The van der Waals surface area contributed by atoms with Crippen LogP contribution in [0.15, 0.2) is 54.6 Å². The van der Waals surface area contributed by atoms with Gasteiger partial charge in [-0.05, 0) is 48.5 Å². The molecule has 1 aromatic heterocycles. The molecule has 0 saturated carbocycles. The molecule has 9 heteroatoms. The number of nitrogens with two attached hydrogens (primary N) is 1. The van der Waals surface area contributed by atoms with Gasteiger partial charge in [0.15, 0.2) is 5.82 Å². The highest BCUT2D eigenvalue weighted by Crippen LogP contribution is 2.28. The molecule has 0 unspecified atom stereocenters. The van der Waals surface area contributed by atoms with Gasteiger partial charge in [0, 0.05) is 32.3 Å². The number of carbonyl (C=O) groups is 1. The number of aromatic nitrogens is 2. The van der Waals surface area contributed by atoms with Gasteiger partial charge < -0.3 is 20.1 Å². The summed E-state index contributed by atoms with van der Waals surface area (Å²) >= 11 is 0. The van der Waals surface area contributed by atoms with E-state index in [4.69, 9.17) is 15.2 Å². The Balaban J connectivity index is 0.00000320. The molecule has 8 nitrogen and oxygen atoms in total. The van der Waals surface area contributed by atoms with Crippen molar-refractivity contribution < 1.29 is 14.3 Å². The van der Waals surface area contributed by atoms with Gasteiger partial charge in [-0.3, -0.25) is 5.32 Å². The zero-order valence-corrected chi connectivity index (χ0v) is 18.0. The third-order valence-corrected chi connectivity index (χ3v) is 4.20. The lowest BCUT2D eigenvalue weighted by Crippen LogP contribution is -2.27. The Morgan fingerprint density at radius 1 is 1.10 bits per heavy atom. The fourth-order valence-corrected chi connectivity index (χ4v) is 2.69. The lowest BCUT2D eigenvalue weighted by molar-refractivity contribution is 0.230. The average Bonchev–Trinajstić information content (AvgIpc) is 3.16. The Labute approximate surface area is 182 Å². The normalized spacial score (nSPS) is 10.1. The molecular formula is C21H26ClN5O3. The van der Waals surface area contributed by atoms with Gasteiger partial charge in [0.2, 0.25) is 0 Å². The molecule has 3 aromatic rings. The molecule has 0 radical (unpaired) electrons. The molecule has 160 valence electrons. The van der Waals surface area contributed by atoms with Crippen LogP contribution in [-0.4, -0.2) is 55.1 Å². The standard InChI is InChI=1S/C21H25N5O3.ClH/c1-25(2)21(27)23-20-14-19(15-4-8-18(9-5-15)29-13-12-22)26(24-20)16-6-10-17(28-3)11-7-16;/h4-11,14H,12-13,22H2,1-3H3,(H,23,24,27);1H. The maximum Gasteiger partial charge on any atom is 0.322 e. The van der Waals surface area contributed by atoms with Crippen LogP contribution in [0.1, 0.15) is 0 Å². The predicted octanol–water partition coefficient (Wildman–Crippen LogP) is 3.40. The fourth-order valence-electron chi connectivity index (χ4n) is 2.69. The molecule has 0 bridgehead atoms. The lowest BCUT2D eigenvalue weighted by Gasteiger charge is -2.10. The summed E-state index contributed by atoms with van der Waals surface area (Å²) in [7, 11) is 4.98. The highest BCUT2D eigenvalue weighted by atomic mass is 35.5. The Bertz CT molecular complexity index is 956. The first-order valence-corrected chi connectivity index (χ1v) is 9.18. The minimum absolute atomic E-state index is 0. The van der Waals surface area contributed by atoms with Crippen molar-refractivity contribution in [3.63, 3.8) is 0 Å². The van der Waals surface area contributed by atoms with E-state index in [0.29, 0.717) is 19.0 Å². The van der Waals surface area contributed by atoms with Crippen molar-refractivity contribution in [3.8, 4) is 28.4 Å². The number of carbonyl (C=O) groups excluding carboxylic acids is 1. The fraction of sp³-hybridized carbons (Fsp3) is 0.238. The monoisotopic (exact) mass is 431 g/mol. The Morgan fingerprint density at radius 3 is 2.30 bits per heavy atom. The highest BCUT2D eigenvalue weighted by Gasteiger charge is 2.15. The van der Waals surface area contributed by atoms with E-state index in [0.717, 1.165) is 28.4 Å². The molecule has 3 N–H and O–H groups in total. The molecule has 0 aliphatic carbocycles. The largest absolute Gasteiger partial charge is 0.497 e. The first kappa shape index (κ1) is 23.1. The Hall–Kier alpha value is -3.23. The van der Waals surface area contributed by atoms with Gasteiger partial charge in [-0.15, -0.1) is 17.5 Å². The quantitative estimate of drug-likeness (QED) is 0.597. The number of amides is 2. The number of nitrogens with zero attached hydrogens (tertiary/aromatic N) is 3. The minimum Gasteiger partial charge on any atom is -0.497 e. The number of nitrogens with one attached hydrogen (secondary N) is 1. The molecule has 0 fully saturated rings. The molecule has 30 heavy (non-hydrogen) atoms. The number of hydrogen-bond donors (Lipinski definition) is 2. The van der Waals surface area contributed by atoms with Gasteiger partial charge >= 0.3 is 6.03 Å². The predicted molar refractivity (Wildman–Crippen MR) is 120 cm³/mol. The summed E-state index contributed by atoms with van der Waals surface area (Å²) < 4.78 is 12.6. The van der Waals surface area contributed by atoms with Crippen LogP contribution in [0.25, 0.3) is 16.9 Å². The average molecular weight is 432 g/mol. The maximum atomic E-state index is 12.1. The number of hydrogen-bond acceptors (Lipinski definition) is 5. The minimum atomic E-state index is -0.249. The second-order valence-electron chi connectivity index (χ2n) is 6.51. The van der Waals surface area contributed by atoms with Crippen LogP contribution < -0.4 is 20.5 Å². The molecule has 3 rings (SSSR count). The number of benzene rings is 2. The number of urea groups is 1. The topological polar surface area (TPSA) is 94.6 Å². The van der Waals surface area contributed by atoms with Crippen LogP contribution in [0.2, 0.25) is 0 Å². The summed E-state index contributed by atoms with van der Waals surface area (Å²) in [5.74, 6) is 1.96. The zero-order chi connectivity index (χ0) is 20.8. The number of methoxy groups -OCH3 is 1. The van der Waals surface area contributed by atoms with E-state index in [1.54, 1.807) is 25.9 Å². The van der Waals surface area contributed by atoms with Crippen molar-refractivity contribution in [1.29, 1.82) is 0 Å². The summed E-state index contributed by atoms with van der Waals surface area (Å²) in [5.41, 5.74) is 8.08. The van der Waals surface area contributed by atoms with Crippen molar-refractivity contribution in [3.05, 3.63) is 54.6 Å². The summed E-state index contributed by atoms with van der Waals surface area (Å²) in [4.78, 5) is 13.5. The van der Waals surface area contributed by atoms with E-state index in [1.165, 1.54) is 4.90 Å². The third-order valence-electron chi connectivity index (χ3n) is 4.20.